The first-order valence-corrected chi connectivity index (χ1v) is 12.1. The summed E-state index contributed by atoms with van der Waals surface area (Å²) < 4.78 is 0. The summed E-state index contributed by atoms with van der Waals surface area (Å²) >= 11 is 0. The fourth-order valence-electron chi connectivity index (χ4n) is 4.05. The standard InChI is InChI=1S/C30H40O3/c1-22(2)11-8-12-23(3)13-9-14-24(4)15-10-19-30(5,33)20-18-25-21-28(31)26-16-6-7-17-27(26)29(25)32/h6-7,11,13,15-17,21,33H,8-10,12,14,18-20H2,1-5H3/b23-13+,24-15+. The molecule has 0 amide bonds. The van der Waals surface area contributed by atoms with Crippen LogP contribution in [-0.2, 0) is 0 Å². The van der Waals surface area contributed by atoms with E-state index in [9.17, 15) is 14.7 Å². The molecule has 0 bridgehead atoms. The summed E-state index contributed by atoms with van der Waals surface area (Å²) in [6.45, 7) is 10.4. The zero-order valence-electron chi connectivity index (χ0n) is 21.0. The van der Waals surface area contributed by atoms with Gasteiger partial charge in [0.05, 0.1) is 5.60 Å². The monoisotopic (exact) mass is 448 g/mol. The van der Waals surface area contributed by atoms with Gasteiger partial charge in [-0.15, -0.1) is 0 Å². The lowest BCUT2D eigenvalue weighted by atomic mass is 9.84. The summed E-state index contributed by atoms with van der Waals surface area (Å²) in [6, 6.07) is 6.94. The number of allylic oxidation sites excluding steroid dienone is 8. The second kappa shape index (κ2) is 12.6. The first kappa shape index (κ1) is 26.7. The van der Waals surface area contributed by atoms with Crippen molar-refractivity contribution in [2.75, 3.05) is 0 Å². The summed E-state index contributed by atoms with van der Waals surface area (Å²) in [5.41, 5.74) is 4.72. The minimum absolute atomic E-state index is 0.0964. The van der Waals surface area contributed by atoms with Crippen LogP contribution < -0.4 is 0 Å². The van der Waals surface area contributed by atoms with Gasteiger partial charge in [0.25, 0.3) is 0 Å². The number of carbonyl (C=O) groups excluding carboxylic acids is 2. The highest BCUT2D eigenvalue weighted by Crippen LogP contribution is 2.28. The van der Waals surface area contributed by atoms with Crippen molar-refractivity contribution in [3.63, 3.8) is 0 Å². The Kier molecular flexibility index (Phi) is 10.2. The van der Waals surface area contributed by atoms with E-state index in [1.54, 1.807) is 24.3 Å². The summed E-state index contributed by atoms with van der Waals surface area (Å²) in [6.07, 6.45) is 14.9. The lowest BCUT2D eigenvalue weighted by Gasteiger charge is -2.24. The van der Waals surface area contributed by atoms with Gasteiger partial charge in [0.15, 0.2) is 11.6 Å². The zero-order chi connectivity index (χ0) is 24.4. The van der Waals surface area contributed by atoms with E-state index < -0.39 is 5.60 Å². The number of carbonyl (C=O) groups is 2. The molecule has 1 aliphatic carbocycles. The van der Waals surface area contributed by atoms with Gasteiger partial charge >= 0.3 is 0 Å². The Bertz CT molecular complexity index is 966. The first-order chi connectivity index (χ1) is 15.6. The first-order valence-electron chi connectivity index (χ1n) is 12.1. The Balaban J connectivity index is 1.77. The zero-order valence-corrected chi connectivity index (χ0v) is 21.0. The molecule has 0 radical (unpaired) electrons. The van der Waals surface area contributed by atoms with E-state index in [1.807, 2.05) is 6.92 Å². The number of rotatable bonds is 12. The molecule has 1 atom stereocenters. The summed E-state index contributed by atoms with van der Waals surface area (Å²) in [5.74, 6) is -0.222. The number of ketones is 2. The molecule has 0 aliphatic heterocycles. The SMILES string of the molecule is CC(C)=CCC/C(C)=C/CC/C(C)=C/CCC(C)(O)CCC1=CC(=O)c2ccccc2C1=O. The number of hydrogen-bond donors (Lipinski definition) is 1. The van der Waals surface area contributed by atoms with E-state index in [2.05, 4.69) is 45.9 Å². The maximum atomic E-state index is 12.7. The molecule has 3 heteroatoms. The van der Waals surface area contributed by atoms with Gasteiger partial charge in [0.1, 0.15) is 0 Å². The van der Waals surface area contributed by atoms with Crippen molar-refractivity contribution in [2.24, 2.45) is 0 Å². The van der Waals surface area contributed by atoms with Crippen LogP contribution in [0, 0.1) is 0 Å². The fraction of sp³-hybridized carbons (Fsp3) is 0.467. The van der Waals surface area contributed by atoms with E-state index in [4.69, 9.17) is 0 Å². The summed E-state index contributed by atoms with van der Waals surface area (Å²) in [7, 11) is 0. The van der Waals surface area contributed by atoms with Gasteiger partial charge in [-0.05, 0) is 92.1 Å². The molecule has 2 rings (SSSR count). The fourth-order valence-corrected chi connectivity index (χ4v) is 4.05. The molecule has 178 valence electrons. The molecule has 0 saturated carbocycles. The van der Waals surface area contributed by atoms with Crippen LogP contribution in [0.5, 0.6) is 0 Å². The summed E-state index contributed by atoms with van der Waals surface area (Å²) in [4.78, 5) is 25.0. The van der Waals surface area contributed by atoms with Crippen molar-refractivity contribution in [3.8, 4) is 0 Å². The van der Waals surface area contributed by atoms with Gasteiger partial charge < -0.3 is 5.11 Å². The predicted octanol–water partition coefficient (Wildman–Crippen LogP) is 7.72. The normalized spacial score (nSPS) is 16.2. The number of aliphatic hydroxyl groups is 1. The Labute approximate surface area is 200 Å². The lowest BCUT2D eigenvalue weighted by Crippen LogP contribution is -2.25. The van der Waals surface area contributed by atoms with Crippen LogP contribution in [-0.4, -0.2) is 22.3 Å². The molecule has 1 aromatic carbocycles. The Morgan fingerprint density at radius 3 is 2.06 bits per heavy atom. The Morgan fingerprint density at radius 1 is 0.848 bits per heavy atom. The van der Waals surface area contributed by atoms with Crippen LogP contribution in [0.3, 0.4) is 0 Å². The second-order valence-corrected chi connectivity index (χ2v) is 9.90. The van der Waals surface area contributed by atoms with E-state index >= 15 is 0 Å². The molecule has 1 aromatic rings. The average Bonchev–Trinajstić information content (AvgIpc) is 2.75. The van der Waals surface area contributed by atoms with Gasteiger partial charge in [-0.2, -0.15) is 0 Å². The van der Waals surface area contributed by atoms with Crippen LogP contribution in [0.15, 0.2) is 70.9 Å². The van der Waals surface area contributed by atoms with Gasteiger partial charge in [-0.25, -0.2) is 0 Å². The van der Waals surface area contributed by atoms with Crippen LogP contribution >= 0.6 is 0 Å². The molecule has 1 unspecified atom stereocenters. The van der Waals surface area contributed by atoms with Crippen molar-refractivity contribution in [1.82, 2.24) is 0 Å². The minimum atomic E-state index is -0.876. The highest BCUT2D eigenvalue weighted by Gasteiger charge is 2.27. The molecule has 0 aromatic heterocycles. The molecule has 1 N–H and O–H groups in total. The van der Waals surface area contributed by atoms with Crippen LogP contribution in [0.4, 0.5) is 0 Å². The van der Waals surface area contributed by atoms with Crippen LogP contribution in [0.2, 0.25) is 0 Å². The molecule has 0 heterocycles. The topological polar surface area (TPSA) is 54.4 Å². The number of Topliss-reactive ketones (excluding diaryl/α,β-unsaturated/α-hetero) is 1. The molecule has 33 heavy (non-hydrogen) atoms. The van der Waals surface area contributed by atoms with E-state index in [0.717, 1.165) is 32.1 Å². The van der Waals surface area contributed by atoms with Crippen molar-refractivity contribution >= 4 is 11.6 Å². The average molecular weight is 449 g/mol. The molecule has 1 aliphatic rings. The highest BCUT2D eigenvalue weighted by molar-refractivity contribution is 6.24. The van der Waals surface area contributed by atoms with E-state index in [0.29, 0.717) is 36.0 Å². The van der Waals surface area contributed by atoms with Gasteiger partial charge in [0, 0.05) is 16.7 Å². The van der Waals surface area contributed by atoms with Crippen molar-refractivity contribution < 1.29 is 14.7 Å². The predicted molar refractivity (Wildman–Crippen MR) is 138 cm³/mol. The third-order valence-corrected chi connectivity index (χ3v) is 6.27. The quantitative estimate of drug-likeness (QED) is 0.333. The minimum Gasteiger partial charge on any atom is -0.390 e. The number of hydrogen-bond acceptors (Lipinski definition) is 3. The number of benzene rings is 1. The Morgan fingerprint density at radius 2 is 1.42 bits per heavy atom. The van der Waals surface area contributed by atoms with Gasteiger partial charge in [-0.1, -0.05) is 59.2 Å². The number of fused-ring (bicyclic) bond motifs is 1. The Hall–Kier alpha value is -2.52. The molecule has 0 saturated heterocycles. The maximum Gasteiger partial charge on any atom is 0.189 e. The van der Waals surface area contributed by atoms with Gasteiger partial charge in [0.2, 0.25) is 0 Å². The molecule has 3 nitrogen and oxygen atoms in total. The third kappa shape index (κ3) is 9.09. The maximum absolute atomic E-state index is 12.7. The third-order valence-electron chi connectivity index (χ3n) is 6.27. The summed E-state index contributed by atoms with van der Waals surface area (Å²) in [5, 5.41) is 10.8. The largest absolute Gasteiger partial charge is 0.390 e. The second-order valence-electron chi connectivity index (χ2n) is 9.90. The van der Waals surface area contributed by atoms with Crippen LogP contribution in [0.1, 0.15) is 107 Å². The smallest absolute Gasteiger partial charge is 0.189 e. The van der Waals surface area contributed by atoms with E-state index in [1.165, 1.54) is 22.8 Å². The van der Waals surface area contributed by atoms with Crippen LogP contribution in [0.25, 0.3) is 0 Å². The molecule has 0 spiro atoms. The lowest BCUT2D eigenvalue weighted by molar-refractivity contribution is 0.0430. The van der Waals surface area contributed by atoms with Crippen molar-refractivity contribution in [3.05, 3.63) is 82.0 Å². The van der Waals surface area contributed by atoms with E-state index in [-0.39, 0.29) is 11.6 Å². The van der Waals surface area contributed by atoms with Crippen molar-refractivity contribution in [2.45, 2.75) is 91.6 Å². The van der Waals surface area contributed by atoms with Crippen molar-refractivity contribution in [1.29, 1.82) is 0 Å². The molecular weight excluding hydrogens is 408 g/mol. The van der Waals surface area contributed by atoms with Gasteiger partial charge in [-0.3, -0.25) is 9.59 Å². The highest BCUT2D eigenvalue weighted by atomic mass is 16.3. The molecule has 0 fully saturated rings. The molecular formula is C30H40O3.